The van der Waals surface area contributed by atoms with Crippen LogP contribution < -0.4 is 0 Å². The zero-order chi connectivity index (χ0) is 62.4. The molecule has 4 aromatic heterocycles. The molecule has 0 atom stereocenters. The molecule has 0 saturated heterocycles. The van der Waals surface area contributed by atoms with Gasteiger partial charge in [0.2, 0.25) is 0 Å². The van der Waals surface area contributed by atoms with Crippen LogP contribution in [0.2, 0.25) is 0 Å². The summed E-state index contributed by atoms with van der Waals surface area (Å²) in [5.41, 5.74) is 13.9. The first-order chi connectivity index (χ1) is 47.6. The van der Waals surface area contributed by atoms with E-state index in [1.54, 1.807) is 0 Å². The van der Waals surface area contributed by atoms with Crippen LogP contribution in [-0.4, -0.2) is 0 Å². The second-order valence-corrected chi connectivity index (χ2v) is 29.1. The van der Waals surface area contributed by atoms with Crippen molar-refractivity contribution in [1.29, 1.82) is 0 Å². The summed E-state index contributed by atoms with van der Waals surface area (Å²) in [4.78, 5) is 0. The smallest absolute Gasteiger partial charge is 0.143 e. The maximum Gasteiger partial charge on any atom is 0.143 e. The van der Waals surface area contributed by atoms with E-state index in [9.17, 15) is 0 Å². The molecule has 0 aliphatic rings. The number of para-hydroxylation sites is 1. The van der Waals surface area contributed by atoms with E-state index in [2.05, 4.69) is 303 Å². The van der Waals surface area contributed by atoms with Crippen molar-refractivity contribution in [2.75, 3.05) is 0 Å². The molecule has 22 rings (SSSR count). The number of hydrogen-bond donors (Lipinski definition) is 0. The van der Waals surface area contributed by atoms with Gasteiger partial charge in [0.25, 0.3) is 0 Å². The van der Waals surface area contributed by atoms with E-state index in [1.165, 1.54) is 191 Å². The SMILES string of the molecule is c1ccc2c(c1)sc1ccc(-c3c4ccccc4c(-c4ccc5c(c4)sc4c6ccccc6c6cc(-c7cccc8c7oc7ccc(-c9c%10ccccc%10c(-c%10ccc%11c(c%10)sc%10c%12ccccc%12c%12ccccc%12c%11%10)c%10ccccc9%10)cc78)ccc6c54)c4ccccc34)cc12. The van der Waals surface area contributed by atoms with Crippen molar-refractivity contribution in [1.82, 2.24) is 0 Å². The van der Waals surface area contributed by atoms with Gasteiger partial charge in [-0.3, -0.25) is 0 Å². The van der Waals surface area contributed by atoms with Gasteiger partial charge in [-0.15, -0.1) is 34.0 Å². The van der Waals surface area contributed by atoms with E-state index < -0.39 is 0 Å². The maximum atomic E-state index is 7.06. The van der Waals surface area contributed by atoms with Gasteiger partial charge >= 0.3 is 0 Å². The van der Waals surface area contributed by atoms with Crippen LogP contribution in [0.1, 0.15) is 0 Å². The zero-order valence-corrected chi connectivity index (χ0v) is 53.9. The summed E-state index contributed by atoms with van der Waals surface area (Å²) >= 11 is 5.72. The zero-order valence-electron chi connectivity index (χ0n) is 51.5. The molecular weight excluding hydrogens is 1220 g/mol. The van der Waals surface area contributed by atoms with E-state index in [0.29, 0.717) is 0 Å². The molecule has 0 bridgehead atoms. The lowest BCUT2D eigenvalue weighted by molar-refractivity contribution is 0.670. The van der Waals surface area contributed by atoms with Crippen molar-refractivity contribution in [3.63, 3.8) is 0 Å². The molecule has 18 aromatic carbocycles. The number of fused-ring (bicyclic) bond motifs is 26. The molecule has 0 amide bonds. The van der Waals surface area contributed by atoms with Crippen molar-refractivity contribution in [2.45, 2.75) is 0 Å². The molecule has 22 aromatic rings. The Bertz CT molecular complexity index is 7100. The summed E-state index contributed by atoms with van der Waals surface area (Å²) in [7, 11) is 0. The summed E-state index contributed by atoms with van der Waals surface area (Å²) in [6.07, 6.45) is 0. The molecule has 4 heteroatoms. The first-order valence-electron chi connectivity index (χ1n) is 32.9. The minimum atomic E-state index is 0.877. The Hall–Kier alpha value is -11.5. The first kappa shape index (κ1) is 52.9. The lowest BCUT2D eigenvalue weighted by Gasteiger charge is -2.18. The number of hydrogen-bond acceptors (Lipinski definition) is 4. The van der Waals surface area contributed by atoms with Crippen molar-refractivity contribution in [2.24, 2.45) is 0 Å². The molecule has 0 fully saturated rings. The molecule has 0 saturated carbocycles. The van der Waals surface area contributed by atoms with E-state index in [1.807, 2.05) is 34.0 Å². The van der Waals surface area contributed by atoms with Crippen LogP contribution in [0.25, 0.3) is 224 Å². The van der Waals surface area contributed by atoms with Crippen LogP contribution in [0.5, 0.6) is 0 Å². The van der Waals surface area contributed by atoms with Gasteiger partial charge in [-0.05, 0) is 174 Å². The lowest BCUT2D eigenvalue weighted by atomic mass is 9.85. The summed E-state index contributed by atoms with van der Waals surface area (Å²) in [5, 5.41) is 30.4. The second-order valence-electron chi connectivity index (χ2n) is 25.9. The van der Waals surface area contributed by atoms with Gasteiger partial charge in [0, 0.05) is 87.6 Å². The van der Waals surface area contributed by atoms with Crippen LogP contribution in [0.15, 0.2) is 308 Å². The van der Waals surface area contributed by atoms with Gasteiger partial charge in [-0.2, -0.15) is 0 Å². The molecule has 442 valence electrons. The molecule has 0 spiro atoms. The number of rotatable bonds is 5. The Kier molecular flexibility index (Phi) is 11.0. The molecule has 0 N–H and O–H groups in total. The van der Waals surface area contributed by atoms with E-state index >= 15 is 0 Å². The number of benzene rings is 18. The highest BCUT2D eigenvalue weighted by molar-refractivity contribution is 7.27. The fraction of sp³-hybridized carbons (Fsp3) is 0. The highest BCUT2D eigenvalue weighted by Crippen LogP contribution is 2.53. The van der Waals surface area contributed by atoms with Crippen molar-refractivity contribution in [3.05, 3.63) is 303 Å². The fourth-order valence-electron chi connectivity index (χ4n) is 16.9. The minimum absolute atomic E-state index is 0.877. The average molecular weight is 1270 g/mol. The predicted molar refractivity (Wildman–Crippen MR) is 420 cm³/mol. The molecule has 0 unspecified atom stereocenters. The van der Waals surface area contributed by atoms with Gasteiger partial charge in [-0.25, -0.2) is 0 Å². The van der Waals surface area contributed by atoms with Crippen LogP contribution in [-0.2, 0) is 0 Å². The molecule has 0 aliphatic carbocycles. The highest BCUT2D eigenvalue weighted by atomic mass is 32.1. The Balaban J connectivity index is 0.666. The second kappa shape index (κ2) is 20.0. The van der Waals surface area contributed by atoms with Crippen molar-refractivity contribution >= 4 is 203 Å². The predicted octanol–water partition coefficient (Wildman–Crippen LogP) is 28.3. The summed E-state index contributed by atoms with van der Waals surface area (Å²) in [6.45, 7) is 0. The molecule has 96 heavy (non-hydrogen) atoms. The molecule has 4 heterocycles. The largest absolute Gasteiger partial charge is 0.455 e. The van der Waals surface area contributed by atoms with Crippen LogP contribution >= 0.6 is 34.0 Å². The van der Waals surface area contributed by atoms with Gasteiger partial charge in [0.05, 0.1) is 0 Å². The molecule has 1 nitrogen and oxygen atoms in total. The third-order valence-corrected chi connectivity index (χ3v) is 24.5. The van der Waals surface area contributed by atoms with Gasteiger partial charge in [0.15, 0.2) is 0 Å². The number of furan rings is 1. The van der Waals surface area contributed by atoms with Crippen LogP contribution in [0.3, 0.4) is 0 Å². The number of thiophene rings is 3. The molecule has 0 aliphatic heterocycles. The van der Waals surface area contributed by atoms with Gasteiger partial charge in [0.1, 0.15) is 11.2 Å². The van der Waals surface area contributed by atoms with Gasteiger partial charge < -0.3 is 4.42 Å². The topological polar surface area (TPSA) is 13.1 Å². The standard InChI is InChI=1S/C92H50OS3/c1-4-22-61-57(18-1)58-19-2-13-31-72(58)91-88(61)74-42-37-54(49-82(74)95-91)86-66-27-9-5-23-62(66)84(63-24-6-10-28-67(63)86)52-39-44-79-77(47-52)71-34-17-33-56(90(71)93-79)51-36-41-70-76(46-51)59-20-3-14-32-73(59)92-89(70)75-43-38-55(50-83(75)96-92)87-68-29-11-7-25-64(68)85(65-26-8-12-30-69(65)87)53-40-45-81-78(48-53)60-21-15-16-35-80(60)94-81/h1-50H. The van der Waals surface area contributed by atoms with E-state index in [4.69, 9.17) is 4.42 Å². The third kappa shape index (κ3) is 7.43. The highest BCUT2D eigenvalue weighted by Gasteiger charge is 2.24. The maximum absolute atomic E-state index is 7.06. The fourth-order valence-corrected chi connectivity index (χ4v) is 20.6. The normalized spacial score (nSPS) is 12.4. The van der Waals surface area contributed by atoms with Crippen molar-refractivity contribution < 1.29 is 4.42 Å². The first-order valence-corrected chi connectivity index (χ1v) is 35.4. The summed E-state index contributed by atoms with van der Waals surface area (Å²) in [5.74, 6) is 0. The van der Waals surface area contributed by atoms with Crippen molar-refractivity contribution in [3.8, 4) is 55.6 Å². The summed E-state index contributed by atoms with van der Waals surface area (Å²) < 4.78 is 15.0. The Morgan fingerprint density at radius 1 is 0.188 bits per heavy atom. The Morgan fingerprint density at radius 2 is 0.542 bits per heavy atom. The summed E-state index contributed by atoms with van der Waals surface area (Å²) in [6, 6.07) is 114. The molecule has 0 radical (unpaired) electrons. The lowest BCUT2D eigenvalue weighted by Crippen LogP contribution is -1.90. The van der Waals surface area contributed by atoms with E-state index in [-0.39, 0.29) is 0 Å². The Labute approximate surface area is 561 Å². The quantitative estimate of drug-likeness (QED) is 0.124. The average Bonchev–Trinajstić information content (AvgIpc) is 1.50. The van der Waals surface area contributed by atoms with Gasteiger partial charge in [-0.1, -0.05) is 255 Å². The monoisotopic (exact) mass is 1270 g/mol. The third-order valence-electron chi connectivity index (χ3n) is 21.0. The molecular formula is C92H50OS3. The van der Waals surface area contributed by atoms with Crippen LogP contribution in [0.4, 0.5) is 0 Å². The van der Waals surface area contributed by atoms with E-state index in [0.717, 1.165) is 33.1 Å². The van der Waals surface area contributed by atoms with Crippen LogP contribution in [0, 0.1) is 0 Å². The minimum Gasteiger partial charge on any atom is -0.455 e. The Morgan fingerprint density at radius 3 is 1.07 bits per heavy atom.